The van der Waals surface area contributed by atoms with Gasteiger partial charge in [-0.05, 0) is 48.6 Å². The summed E-state index contributed by atoms with van der Waals surface area (Å²) in [6.45, 7) is 7.95. The number of nitrogens with zero attached hydrogens (tertiary/aromatic N) is 2. The Morgan fingerprint density at radius 2 is 1.73 bits per heavy atom. The first kappa shape index (κ1) is 18.3. The molecule has 1 heterocycles. The molecule has 7 heteroatoms. The van der Waals surface area contributed by atoms with Crippen LogP contribution in [0.2, 0.25) is 0 Å². The van der Waals surface area contributed by atoms with Gasteiger partial charge in [0.15, 0.2) is 0 Å². The van der Waals surface area contributed by atoms with Gasteiger partial charge < -0.3 is 4.52 Å². The molecule has 1 aromatic heterocycles. The number of primary sulfonamides is 1. The molecule has 0 spiro atoms. The van der Waals surface area contributed by atoms with E-state index in [0.29, 0.717) is 17.3 Å². The van der Waals surface area contributed by atoms with E-state index >= 15 is 0 Å². The summed E-state index contributed by atoms with van der Waals surface area (Å²) in [6, 6.07) is 11.0. The fourth-order valence-corrected chi connectivity index (χ4v) is 3.30. The zero-order chi connectivity index (χ0) is 19.1. The molecule has 26 heavy (non-hydrogen) atoms. The maximum absolute atomic E-state index is 11.7. The largest absolute Gasteiger partial charge is 0.334 e. The third-order valence-electron chi connectivity index (χ3n) is 4.46. The van der Waals surface area contributed by atoms with Crippen molar-refractivity contribution >= 4 is 10.0 Å². The molecule has 0 fully saturated rings. The zero-order valence-corrected chi connectivity index (χ0v) is 16.0. The average molecular weight is 371 g/mol. The van der Waals surface area contributed by atoms with E-state index in [0.717, 1.165) is 16.7 Å². The van der Waals surface area contributed by atoms with E-state index in [1.807, 2.05) is 38.1 Å². The average Bonchev–Trinajstić information content (AvgIpc) is 3.06. The van der Waals surface area contributed by atoms with Crippen LogP contribution in [0.1, 0.15) is 36.5 Å². The van der Waals surface area contributed by atoms with Crippen molar-refractivity contribution in [1.82, 2.24) is 10.1 Å². The minimum Gasteiger partial charge on any atom is -0.334 e. The zero-order valence-electron chi connectivity index (χ0n) is 15.1. The Morgan fingerprint density at radius 1 is 1.08 bits per heavy atom. The Morgan fingerprint density at radius 3 is 2.31 bits per heavy atom. The van der Waals surface area contributed by atoms with Gasteiger partial charge >= 0.3 is 0 Å². The molecule has 0 atom stereocenters. The highest BCUT2D eigenvalue weighted by atomic mass is 32.2. The molecule has 0 aliphatic rings. The molecule has 0 aliphatic carbocycles. The number of benzene rings is 2. The summed E-state index contributed by atoms with van der Waals surface area (Å²) >= 11 is 0. The van der Waals surface area contributed by atoms with Gasteiger partial charge in [0.1, 0.15) is 0 Å². The van der Waals surface area contributed by atoms with Crippen LogP contribution in [-0.2, 0) is 10.0 Å². The summed E-state index contributed by atoms with van der Waals surface area (Å²) in [5, 5.41) is 9.30. The summed E-state index contributed by atoms with van der Waals surface area (Å²) < 4.78 is 28.8. The van der Waals surface area contributed by atoms with E-state index in [1.165, 1.54) is 17.7 Å². The topological polar surface area (TPSA) is 99.1 Å². The number of hydrogen-bond acceptors (Lipinski definition) is 5. The second kappa shape index (κ2) is 6.66. The van der Waals surface area contributed by atoms with Crippen LogP contribution in [-0.4, -0.2) is 18.6 Å². The number of hydrogen-bond donors (Lipinski definition) is 1. The Hall–Kier alpha value is -2.51. The lowest BCUT2D eigenvalue weighted by molar-refractivity contribution is 0.432. The quantitative estimate of drug-likeness (QED) is 0.752. The van der Waals surface area contributed by atoms with Crippen molar-refractivity contribution in [3.8, 4) is 22.8 Å². The van der Waals surface area contributed by atoms with E-state index in [9.17, 15) is 8.42 Å². The standard InChI is InChI=1S/C19H21N3O3S/c1-11(2)14-5-7-15(8-6-14)18-21-19(25-22-18)17-10-16(26(20,23)24)9-12(3)13(17)4/h5-11H,1-4H3,(H2,20,23,24). The number of aryl methyl sites for hydroxylation is 1. The van der Waals surface area contributed by atoms with Crippen LogP contribution in [0.25, 0.3) is 22.8 Å². The first-order valence-corrected chi connectivity index (χ1v) is 9.80. The molecule has 0 radical (unpaired) electrons. The summed E-state index contributed by atoms with van der Waals surface area (Å²) in [6.07, 6.45) is 0. The van der Waals surface area contributed by atoms with E-state index in [1.54, 1.807) is 0 Å². The smallest absolute Gasteiger partial charge is 0.258 e. The number of nitrogens with two attached hydrogens (primary N) is 1. The molecule has 6 nitrogen and oxygen atoms in total. The second-order valence-electron chi connectivity index (χ2n) is 6.66. The summed E-state index contributed by atoms with van der Waals surface area (Å²) in [5.41, 5.74) is 4.27. The molecule has 3 rings (SSSR count). The highest BCUT2D eigenvalue weighted by molar-refractivity contribution is 7.89. The van der Waals surface area contributed by atoms with E-state index < -0.39 is 10.0 Å². The van der Waals surface area contributed by atoms with Crippen molar-refractivity contribution in [2.75, 3.05) is 0 Å². The minimum absolute atomic E-state index is 0.0247. The highest BCUT2D eigenvalue weighted by Gasteiger charge is 2.18. The summed E-state index contributed by atoms with van der Waals surface area (Å²) in [5.74, 6) is 1.16. The predicted molar refractivity (Wildman–Crippen MR) is 100 cm³/mol. The third kappa shape index (κ3) is 3.54. The van der Waals surface area contributed by atoms with Gasteiger partial charge in [0, 0.05) is 11.1 Å². The molecule has 0 amide bonds. The third-order valence-corrected chi connectivity index (χ3v) is 5.35. The first-order chi connectivity index (χ1) is 12.2. The number of rotatable bonds is 4. The minimum atomic E-state index is -3.82. The highest BCUT2D eigenvalue weighted by Crippen LogP contribution is 2.29. The molecule has 3 aromatic rings. The summed E-state index contributed by atoms with van der Waals surface area (Å²) in [4.78, 5) is 4.46. The van der Waals surface area contributed by atoms with Crippen molar-refractivity contribution in [1.29, 1.82) is 0 Å². The molecular formula is C19H21N3O3S. The molecule has 0 bridgehead atoms. The first-order valence-electron chi connectivity index (χ1n) is 8.25. The van der Waals surface area contributed by atoms with Crippen LogP contribution in [0.4, 0.5) is 0 Å². The van der Waals surface area contributed by atoms with Crippen molar-refractivity contribution in [3.63, 3.8) is 0 Å². The molecule has 2 aromatic carbocycles. The van der Waals surface area contributed by atoms with Gasteiger partial charge in [0.05, 0.1) is 4.90 Å². The molecule has 0 unspecified atom stereocenters. The van der Waals surface area contributed by atoms with Crippen LogP contribution < -0.4 is 5.14 Å². The van der Waals surface area contributed by atoms with Crippen LogP contribution >= 0.6 is 0 Å². The van der Waals surface area contributed by atoms with Gasteiger partial charge in [0.25, 0.3) is 5.89 Å². The second-order valence-corrected chi connectivity index (χ2v) is 8.22. The summed E-state index contributed by atoms with van der Waals surface area (Å²) in [7, 11) is -3.82. The van der Waals surface area contributed by atoms with Gasteiger partial charge in [-0.3, -0.25) is 0 Å². The van der Waals surface area contributed by atoms with E-state index in [2.05, 4.69) is 24.0 Å². The van der Waals surface area contributed by atoms with E-state index in [4.69, 9.17) is 9.66 Å². The normalized spacial score (nSPS) is 11.9. The van der Waals surface area contributed by atoms with E-state index in [-0.39, 0.29) is 10.8 Å². The number of sulfonamides is 1. The maximum atomic E-state index is 11.7. The van der Waals surface area contributed by atoms with Crippen molar-refractivity contribution < 1.29 is 12.9 Å². The molecular weight excluding hydrogens is 350 g/mol. The van der Waals surface area contributed by atoms with Gasteiger partial charge in [-0.1, -0.05) is 43.3 Å². The Balaban J connectivity index is 2.04. The molecule has 0 saturated heterocycles. The van der Waals surface area contributed by atoms with Crippen LogP contribution in [0.3, 0.4) is 0 Å². The van der Waals surface area contributed by atoms with Crippen molar-refractivity contribution in [3.05, 3.63) is 53.1 Å². The molecule has 0 aliphatic heterocycles. The van der Waals surface area contributed by atoms with Gasteiger partial charge in [-0.25, -0.2) is 13.6 Å². The monoisotopic (exact) mass is 371 g/mol. The Kier molecular flexibility index (Phi) is 4.68. The maximum Gasteiger partial charge on any atom is 0.258 e. The van der Waals surface area contributed by atoms with Crippen molar-refractivity contribution in [2.45, 2.75) is 38.5 Å². The van der Waals surface area contributed by atoms with Gasteiger partial charge in [-0.2, -0.15) is 4.98 Å². The number of aromatic nitrogens is 2. The lowest BCUT2D eigenvalue weighted by Crippen LogP contribution is -2.12. The van der Waals surface area contributed by atoms with Gasteiger partial charge in [-0.15, -0.1) is 0 Å². The molecule has 2 N–H and O–H groups in total. The lowest BCUT2D eigenvalue weighted by atomic mass is 10.0. The lowest BCUT2D eigenvalue weighted by Gasteiger charge is -2.08. The predicted octanol–water partition coefficient (Wildman–Crippen LogP) is 3.79. The van der Waals surface area contributed by atoms with Gasteiger partial charge in [0.2, 0.25) is 15.8 Å². The Bertz CT molecular complexity index is 1050. The SMILES string of the molecule is Cc1cc(S(N)(=O)=O)cc(-c2nc(-c3ccc(C(C)C)cc3)no2)c1C. The fraction of sp³-hybridized carbons (Fsp3) is 0.263. The van der Waals surface area contributed by atoms with Crippen LogP contribution in [0.15, 0.2) is 45.8 Å². The fourth-order valence-electron chi connectivity index (χ4n) is 2.68. The van der Waals surface area contributed by atoms with Crippen LogP contribution in [0.5, 0.6) is 0 Å². The van der Waals surface area contributed by atoms with Crippen LogP contribution in [0, 0.1) is 13.8 Å². The Labute approximate surface area is 153 Å². The molecule has 136 valence electrons. The van der Waals surface area contributed by atoms with Crippen molar-refractivity contribution in [2.24, 2.45) is 5.14 Å². The molecule has 0 saturated carbocycles.